The van der Waals surface area contributed by atoms with Crippen LogP contribution in [0.25, 0.3) is 0 Å². The maximum atomic E-state index is 12.8. The molecule has 0 aromatic heterocycles. The van der Waals surface area contributed by atoms with Gasteiger partial charge in [-0.25, -0.2) is 4.79 Å². The van der Waals surface area contributed by atoms with Gasteiger partial charge in [0.15, 0.2) is 6.61 Å². The second-order valence-electron chi connectivity index (χ2n) is 7.12. The van der Waals surface area contributed by atoms with Crippen LogP contribution in [0.5, 0.6) is 0 Å². The summed E-state index contributed by atoms with van der Waals surface area (Å²) in [6, 6.07) is 0. The molecule has 0 bridgehead atoms. The standard InChI is InChI=1S/C19H28N2O7/c1-8-19(4,5)21-12(22)9-28-18(25)15-13(16(23)26-6)10(2)20-11(3)14(15)17(24)27-7/h13,15H,8-9H2,1-7H3,(H,21,22)/t13?,15-/m0/s1. The SMILES string of the molecule is CCC(C)(C)NC(=O)COC(=O)[C@@H]1C(C(=O)OC)=C(C)N=C(C)C1C(=O)OC. The molecule has 0 spiro atoms. The summed E-state index contributed by atoms with van der Waals surface area (Å²) < 4.78 is 14.6. The number of methoxy groups -OCH3 is 2. The maximum Gasteiger partial charge on any atom is 0.336 e. The fraction of sp³-hybridized carbons (Fsp3) is 0.632. The van der Waals surface area contributed by atoms with Gasteiger partial charge in [0, 0.05) is 16.9 Å². The second-order valence-corrected chi connectivity index (χ2v) is 7.12. The number of carbonyl (C=O) groups is 4. The molecule has 0 aliphatic carbocycles. The van der Waals surface area contributed by atoms with Crippen molar-refractivity contribution in [1.29, 1.82) is 0 Å². The van der Waals surface area contributed by atoms with Gasteiger partial charge in [-0.2, -0.15) is 0 Å². The first kappa shape index (κ1) is 23.3. The van der Waals surface area contributed by atoms with Crippen molar-refractivity contribution in [2.75, 3.05) is 20.8 Å². The minimum Gasteiger partial charge on any atom is -0.468 e. The van der Waals surface area contributed by atoms with E-state index in [-0.39, 0.29) is 11.3 Å². The second kappa shape index (κ2) is 9.48. The van der Waals surface area contributed by atoms with Crippen LogP contribution in [-0.4, -0.2) is 55.9 Å². The fourth-order valence-corrected chi connectivity index (χ4v) is 2.83. The first-order chi connectivity index (χ1) is 13.0. The van der Waals surface area contributed by atoms with Gasteiger partial charge >= 0.3 is 17.9 Å². The molecule has 1 amide bonds. The maximum absolute atomic E-state index is 12.8. The predicted molar refractivity (Wildman–Crippen MR) is 100 cm³/mol. The van der Waals surface area contributed by atoms with Crippen molar-refractivity contribution < 1.29 is 33.4 Å². The minimum atomic E-state index is -1.32. The number of aliphatic imine (C=N–C) groups is 1. The Bertz CT molecular complexity index is 722. The lowest BCUT2D eigenvalue weighted by Gasteiger charge is -2.29. The van der Waals surface area contributed by atoms with E-state index in [9.17, 15) is 19.2 Å². The summed E-state index contributed by atoms with van der Waals surface area (Å²) in [4.78, 5) is 53.5. The number of amides is 1. The summed E-state index contributed by atoms with van der Waals surface area (Å²) in [6.45, 7) is 8.12. The molecule has 1 aliphatic heterocycles. The Morgan fingerprint density at radius 3 is 2.14 bits per heavy atom. The van der Waals surface area contributed by atoms with Crippen LogP contribution in [0.4, 0.5) is 0 Å². The molecular formula is C19H28N2O7. The molecule has 1 N–H and O–H groups in total. The topological polar surface area (TPSA) is 120 Å². The van der Waals surface area contributed by atoms with Gasteiger partial charge in [0.05, 0.1) is 19.8 Å². The molecule has 1 aliphatic rings. The highest BCUT2D eigenvalue weighted by atomic mass is 16.5. The Balaban J connectivity index is 3.13. The smallest absolute Gasteiger partial charge is 0.336 e. The molecule has 28 heavy (non-hydrogen) atoms. The molecule has 0 saturated heterocycles. The zero-order chi connectivity index (χ0) is 21.6. The van der Waals surface area contributed by atoms with Crippen LogP contribution in [-0.2, 0) is 33.4 Å². The van der Waals surface area contributed by atoms with Gasteiger partial charge in [-0.05, 0) is 34.1 Å². The minimum absolute atomic E-state index is 0.0946. The molecule has 1 rings (SSSR count). The quantitative estimate of drug-likeness (QED) is 0.506. The van der Waals surface area contributed by atoms with E-state index in [1.807, 2.05) is 20.8 Å². The van der Waals surface area contributed by atoms with E-state index in [0.717, 1.165) is 7.11 Å². The molecule has 156 valence electrons. The van der Waals surface area contributed by atoms with Crippen molar-refractivity contribution in [2.45, 2.75) is 46.6 Å². The lowest BCUT2D eigenvalue weighted by atomic mass is 9.80. The number of esters is 3. The van der Waals surface area contributed by atoms with Crippen LogP contribution in [0.3, 0.4) is 0 Å². The molecular weight excluding hydrogens is 368 g/mol. The Morgan fingerprint density at radius 1 is 1.04 bits per heavy atom. The number of nitrogens with zero attached hydrogens (tertiary/aromatic N) is 1. The third-order valence-electron chi connectivity index (χ3n) is 4.65. The number of hydrogen-bond donors (Lipinski definition) is 1. The molecule has 0 radical (unpaired) electrons. The van der Waals surface area contributed by atoms with E-state index in [1.165, 1.54) is 14.0 Å². The fourth-order valence-electron chi connectivity index (χ4n) is 2.83. The van der Waals surface area contributed by atoms with Crippen molar-refractivity contribution in [3.8, 4) is 0 Å². The Hall–Kier alpha value is -2.71. The molecule has 1 heterocycles. The van der Waals surface area contributed by atoms with E-state index < -0.39 is 47.8 Å². The van der Waals surface area contributed by atoms with Gasteiger partial charge in [-0.1, -0.05) is 6.92 Å². The normalized spacial score (nSPS) is 19.5. The summed E-state index contributed by atoms with van der Waals surface area (Å²) in [5.41, 5.74) is -0.0129. The molecule has 0 aromatic carbocycles. The number of nitrogens with one attached hydrogen (secondary N) is 1. The molecule has 2 atom stereocenters. The van der Waals surface area contributed by atoms with Gasteiger partial charge in [-0.3, -0.25) is 19.4 Å². The van der Waals surface area contributed by atoms with Crippen LogP contribution < -0.4 is 5.32 Å². The lowest BCUT2D eigenvalue weighted by molar-refractivity contribution is -0.158. The average Bonchev–Trinajstić information content (AvgIpc) is 2.63. The highest BCUT2D eigenvalue weighted by Crippen LogP contribution is 2.33. The molecule has 0 saturated carbocycles. The first-order valence-electron chi connectivity index (χ1n) is 8.88. The van der Waals surface area contributed by atoms with Crippen LogP contribution >= 0.6 is 0 Å². The summed E-state index contributed by atoms with van der Waals surface area (Å²) >= 11 is 0. The third-order valence-corrected chi connectivity index (χ3v) is 4.65. The van der Waals surface area contributed by atoms with Crippen molar-refractivity contribution >= 4 is 29.5 Å². The number of carbonyl (C=O) groups excluding carboxylic acids is 4. The Kier molecular flexibility index (Phi) is 7.89. The molecule has 1 unspecified atom stereocenters. The number of ether oxygens (including phenoxy) is 3. The largest absolute Gasteiger partial charge is 0.468 e. The summed E-state index contributed by atoms with van der Waals surface area (Å²) in [5.74, 6) is -5.41. The molecule has 0 fully saturated rings. The van der Waals surface area contributed by atoms with Crippen molar-refractivity contribution in [3.63, 3.8) is 0 Å². The third kappa shape index (κ3) is 5.40. The van der Waals surface area contributed by atoms with Gasteiger partial charge in [0.2, 0.25) is 0 Å². The zero-order valence-electron chi connectivity index (χ0n) is 17.4. The van der Waals surface area contributed by atoms with E-state index in [4.69, 9.17) is 14.2 Å². The summed E-state index contributed by atoms with van der Waals surface area (Å²) in [6.07, 6.45) is 0.684. The van der Waals surface area contributed by atoms with E-state index in [1.54, 1.807) is 6.92 Å². The first-order valence-corrected chi connectivity index (χ1v) is 8.88. The number of allylic oxidation sites excluding steroid dienone is 1. The van der Waals surface area contributed by atoms with E-state index in [2.05, 4.69) is 10.3 Å². The monoisotopic (exact) mass is 396 g/mol. The van der Waals surface area contributed by atoms with Crippen molar-refractivity contribution in [1.82, 2.24) is 5.32 Å². The Morgan fingerprint density at radius 2 is 1.64 bits per heavy atom. The van der Waals surface area contributed by atoms with Crippen LogP contribution in [0, 0.1) is 11.8 Å². The van der Waals surface area contributed by atoms with Gasteiger partial charge < -0.3 is 19.5 Å². The van der Waals surface area contributed by atoms with Crippen LogP contribution in [0.15, 0.2) is 16.3 Å². The highest BCUT2D eigenvalue weighted by Gasteiger charge is 2.46. The molecule has 9 nitrogen and oxygen atoms in total. The lowest BCUT2D eigenvalue weighted by Crippen LogP contribution is -2.46. The zero-order valence-corrected chi connectivity index (χ0v) is 17.4. The summed E-state index contributed by atoms with van der Waals surface area (Å²) in [5, 5.41) is 2.74. The van der Waals surface area contributed by atoms with Crippen molar-refractivity contribution in [2.24, 2.45) is 16.8 Å². The number of rotatable bonds is 7. The summed E-state index contributed by atoms with van der Waals surface area (Å²) in [7, 11) is 2.32. The highest BCUT2D eigenvalue weighted by molar-refractivity contribution is 6.10. The predicted octanol–water partition coefficient (Wildman–Crippen LogP) is 1.16. The van der Waals surface area contributed by atoms with E-state index in [0.29, 0.717) is 12.1 Å². The number of hydrogen-bond acceptors (Lipinski definition) is 8. The van der Waals surface area contributed by atoms with Crippen LogP contribution in [0.2, 0.25) is 0 Å². The average molecular weight is 396 g/mol. The van der Waals surface area contributed by atoms with Crippen LogP contribution in [0.1, 0.15) is 41.0 Å². The molecule has 9 heteroatoms. The van der Waals surface area contributed by atoms with Crippen molar-refractivity contribution in [3.05, 3.63) is 11.3 Å². The van der Waals surface area contributed by atoms with E-state index >= 15 is 0 Å². The molecule has 0 aromatic rings. The van der Waals surface area contributed by atoms with Gasteiger partial charge in [0.1, 0.15) is 11.8 Å². The van der Waals surface area contributed by atoms with Gasteiger partial charge in [0.25, 0.3) is 5.91 Å². The van der Waals surface area contributed by atoms with Gasteiger partial charge in [-0.15, -0.1) is 0 Å². The Labute approximate surface area is 164 Å².